The molecule has 4 rings (SSSR count). The molecule has 3 aromatic rings. The van der Waals surface area contributed by atoms with Crippen molar-refractivity contribution in [2.24, 2.45) is 0 Å². The van der Waals surface area contributed by atoms with E-state index in [1.807, 2.05) is 29.2 Å². The van der Waals surface area contributed by atoms with Gasteiger partial charge in [0.05, 0.1) is 11.6 Å². The molecule has 8 heteroatoms. The van der Waals surface area contributed by atoms with Crippen LogP contribution in [0.5, 0.6) is 5.75 Å². The first-order chi connectivity index (χ1) is 15.2. The minimum atomic E-state index is -1.67. The number of carbonyl (C=O) groups excluding carboxylic acids is 1. The summed E-state index contributed by atoms with van der Waals surface area (Å²) in [5, 5.41) is 12.4. The molecule has 166 valence electrons. The molecule has 0 bridgehead atoms. The van der Waals surface area contributed by atoms with Crippen molar-refractivity contribution in [1.82, 2.24) is 4.90 Å². The molecule has 0 spiro atoms. The van der Waals surface area contributed by atoms with Gasteiger partial charge >= 0.3 is 5.97 Å². The number of esters is 1. The number of ether oxygens (including phenoxy) is 1. The number of hydrogen-bond donors (Lipinski definition) is 1. The third-order valence-corrected chi connectivity index (χ3v) is 5.91. The maximum atomic E-state index is 14.7. The summed E-state index contributed by atoms with van der Waals surface area (Å²) in [6, 6.07) is 15.9. The predicted molar refractivity (Wildman–Crippen MR) is 118 cm³/mol. The number of aliphatic hydroxyl groups is 1. The molecule has 1 saturated heterocycles. The molecule has 1 fully saturated rings. The number of carbonyl (C=O) groups is 1. The second-order valence-electron chi connectivity index (χ2n) is 7.80. The zero-order valence-electron chi connectivity index (χ0n) is 17.0. The number of benzene rings is 3. The summed E-state index contributed by atoms with van der Waals surface area (Å²) >= 11 is 12.1. The van der Waals surface area contributed by atoms with Gasteiger partial charge in [-0.1, -0.05) is 47.5 Å². The lowest BCUT2D eigenvalue weighted by Crippen LogP contribution is -2.60. The fraction of sp³-hybridized carbons (Fsp3) is 0.208. The Hall–Kier alpha value is -2.51. The highest BCUT2D eigenvalue weighted by molar-refractivity contribution is 6.30. The molecule has 0 unspecified atom stereocenters. The van der Waals surface area contributed by atoms with Crippen LogP contribution < -0.4 is 4.74 Å². The van der Waals surface area contributed by atoms with Crippen molar-refractivity contribution in [3.63, 3.8) is 0 Å². The van der Waals surface area contributed by atoms with Crippen LogP contribution >= 0.6 is 23.2 Å². The number of halogens is 4. The van der Waals surface area contributed by atoms with Crippen LogP contribution in [0.3, 0.4) is 0 Å². The smallest absolute Gasteiger partial charge is 0.308 e. The summed E-state index contributed by atoms with van der Waals surface area (Å²) in [7, 11) is 0. The van der Waals surface area contributed by atoms with Gasteiger partial charge < -0.3 is 9.84 Å². The van der Waals surface area contributed by atoms with E-state index in [0.29, 0.717) is 16.1 Å². The molecule has 1 aliphatic rings. The Labute approximate surface area is 193 Å². The summed E-state index contributed by atoms with van der Waals surface area (Å²) in [6.45, 7) is 1.18. The van der Waals surface area contributed by atoms with Gasteiger partial charge in [0.15, 0.2) is 0 Å². The molecule has 32 heavy (non-hydrogen) atoms. The first-order valence-electron chi connectivity index (χ1n) is 9.81. The van der Waals surface area contributed by atoms with Crippen molar-refractivity contribution >= 4 is 29.2 Å². The fourth-order valence-electron chi connectivity index (χ4n) is 4.11. The average molecular weight is 478 g/mol. The van der Waals surface area contributed by atoms with Gasteiger partial charge in [-0.3, -0.25) is 9.69 Å². The molecule has 0 saturated carbocycles. The molecular formula is C24H19Cl2F2NO3. The zero-order valence-corrected chi connectivity index (χ0v) is 18.5. The largest absolute Gasteiger partial charge is 0.426 e. The van der Waals surface area contributed by atoms with Crippen molar-refractivity contribution < 1.29 is 23.4 Å². The van der Waals surface area contributed by atoms with Gasteiger partial charge in [-0.2, -0.15) is 0 Å². The van der Waals surface area contributed by atoms with E-state index in [0.717, 1.165) is 24.1 Å². The van der Waals surface area contributed by atoms with E-state index in [1.54, 1.807) is 24.3 Å². The first kappa shape index (κ1) is 22.7. The lowest BCUT2D eigenvalue weighted by molar-refractivity contribution is -0.133. The molecule has 4 nitrogen and oxygen atoms in total. The highest BCUT2D eigenvalue weighted by Crippen LogP contribution is 2.44. The number of likely N-dealkylation sites (tertiary alicyclic amines) is 1. The molecule has 3 aromatic carbocycles. The van der Waals surface area contributed by atoms with Crippen LogP contribution in [0.25, 0.3) is 0 Å². The van der Waals surface area contributed by atoms with E-state index in [1.165, 1.54) is 0 Å². The van der Waals surface area contributed by atoms with Crippen LogP contribution in [0.1, 0.15) is 29.7 Å². The molecule has 0 aliphatic carbocycles. The zero-order chi connectivity index (χ0) is 23.0. The second-order valence-corrected chi connectivity index (χ2v) is 8.67. The topological polar surface area (TPSA) is 49.8 Å². The molecule has 0 radical (unpaired) electrons. The van der Waals surface area contributed by atoms with Crippen molar-refractivity contribution in [3.05, 3.63) is 99.0 Å². The summed E-state index contributed by atoms with van der Waals surface area (Å²) in [5.41, 5.74) is -0.0759. The number of rotatable bonds is 5. The fourth-order valence-corrected chi connectivity index (χ4v) is 4.36. The number of hydrogen-bond acceptors (Lipinski definition) is 4. The molecule has 1 aliphatic heterocycles. The van der Waals surface area contributed by atoms with Crippen molar-refractivity contribution in [3.8, 4) is 5.75 Å². The molecule has 0 amide bonds. The van der Waals surface area contributed by atoms with Crippen LogP contribution in [0.2, 0.25) is 10.0 Å². The highest BCUT2D eigenvalue weighted by atomic mass is 35.5. The van der Waals surface area contributed by atoms with Gasteiger partial charge in [-0.25, -0.2) is 8.78 Å². The van der Waals surface area contributed by atoms with Crippen LogP contribution in [-0.2, 0) is 10.4 Å². The Morgan fingerprint density at radius 1 is 1.00 bits per heavy atom. The maximum Gasteiger partial charge on any atom is 0.308 e. The Bertz CT molecular complexity index is 1100. The van der Waals surface area contributed by atoms with E-state index >= 15 is 0 Å². The number of nitrogens with zero attached hydrogens (tertiary/aromatic N) is 1. The van der Waals surface area contributed by atoms with Crippen LogP contribution in [0, 0.1) is 11.6 Å². The normalized spacial score (nSPS) is 15.5. The molecule has 1 heterocycles. The van der Waals surface area contributed by atoms with Gasteiger partial charge in [-0.05, 0) is 35.4 Å². The third-order valence-electron chi connectivity index (χ3n) is 5.40. The minimum absolute atomic E-state index is 0.0275. The van der Waals surface area contributed by atoms with Crippen molar-refractivity contribution in [2.45, 2.75) is 18.6 Å². The summed E-state index contributed by atoms with van der Waals surface area (Å²) < 4.78 is 33.4. The monoisotopic (exact) mass is 477 g/mol. The molecular weight excluding hydrogens is 459 g/mol. The Balaban J connectivity index is 1.69. The van der Waals surface area contributed by atoms with Gasteiger partial charge in [0.1, 0.15) is 23.0 Å². The molecule has 1 N–H and O–H groups in total. The van der Waals surface area contributed by atoms with E-state index < -0.39 is 23.2 Å². The maximum absolute atomic E-state index is 14.7. The van der Waals surface area contributed by atoms with Gasteiger partial charge in [-0.15, -0.1) is 0 Å². The lowest BCUT2D eigenvalue weighted by Gasteiger charge is -2.50. The van der Waals surface area contributed by atoms with Crippen molar-refractivity contribution in [1.29, 1.82) is 0 Å². The molecule has 0 atom stereocenters. The third kappa shape index (κ3) is 4.50. The Kier molecular flexibility index (Phi) is 6.23. The quantitative estimate of drug-likeness (QED) is 0.389. The summed E-state index contributed by atoms with van der Waals surface area (Å²) in [6.07, 6.45) is 0. The average Bonchev–Trinajstić information content (AvgIpc) is 2.68. The summed E-state index contributed by atoms with van der Waals surface area (Å²) in [5.74, 6) is -2.94. The predicted octanol–water partition coefficient (Wildman–Crippen LogP) is 5.49. The van der Waals surface area contributed by atoms with Crippen molar-refractivity contribution in [2.75, 3.05) is 13.1 Å². The Morgan fingerprint density at radius 3 is 1.97 bits per heavy atom. The Morgan fingerprint density at radius 2 is 1.50 bits per heavy atom. The van der Waals surface area contributed by atoms with Gasteiger partial charge in [0.2, 0.25) is 0 Å². The van der Waals surface area contributed by atoms with Gasteiger partial charge in [0.25, 0.3) is 0 Å². The summed E-state index contributed by atoms with van der Waals surface area (Å²) in [4.78, 5) is 13.4. The minimum Gasteiger partial charge on any atom is -0.426 e. The second kappa shape index (κ2) is 8.79. The lowest BCUT2D eigenvalue weighted by atomic mass is 9.81. The van der Waals surface area contributed by atoms with E-state index in [4.69, 9.17) is 27.9 Å². The van der Waals surface area contributed by atoms with Crippen LogP contribution in [0.4, 0.5) is 8.78 Å². The highest BCUT2D eigenvalue weighted by Gasteiger charge is 2.49. The van der Waals surface area contributed by atoms with E-state index in [2.05, 4.69) is 0 Å². The SMILES string of the molecule is CC(=O)Oc1cc(F)cc(F)c1C1(O)CN(C(c2ccc(Cl)cc2)c2ccc(Cl)cc2)C1. The standard InChI is InChI=1S/C24H19Cl2F2NO3/c1-14(30)32-21-11-19(27)10-20(28)22(21)24(31)12-29(13-24)23(15-2-6-17(25)7-3-15)16-4-8-18(26)9-5-16/h2-11,23,31H,12-13H2,1H3. The van der Waals surface area contributed by atoms with E-state index in [9.17, 15) is 18.7 Å². The first-order valence-corrected chi connectivity index (χ1v) is 10.6. The molecule has 0 aromatic heterocycles. The van der Waals surface area contributed by atoms with Gasteiger partial charge in [0, 0.05) is 42.2 Å². The van der Waals surface area contributed by atoms with Crippen LogP contribution in [0.15, 0.2) is 60.7 Å². The number of β-amino-alcohol motifs (C(OH)–C–C–N with tert-alkyl or cyclic N) is 1. The van der Waals surface area contributed by atoms with E-state index in [-0.39, 0.29) is 30.4 Å². The van der Waals surface area contributed by atoms with Crippen LogP contribution in [-0.4, -0.2) is 29.1 Å².